The molecule has 2 aromatic rings. The molecule has 0 aliphatic heterocycles. The van der Waals surface area contributed by atoms with E-state index in [0.717, 1.165) is 36.2 Å². The predicted octanol–water partition coefficient (Wildman–Crippen LogP) is 4.23. The molecular weight excluding hydrogens is 308 g/mol. The molecule has 0 bridgehead atoms. The van der Waals surface area contributed by atoms with Crippen LogP contribution in [0.15, 0.2) is 18.2 Å². The number of rotatable bonds is 4. The highest BCUT2D eigenvalue weighted by atomic mass is 32.1. The van der Waals surface area contributed by atoms with Gasteiger partial charge < -0.3 is 5.11 Å². The fourth-order valence-corrected chi connectivity index (χ4v) is 2.92. The number of nitriles is 1. The number of unbranched alkanes of at least 4 members (excludes halogenated alkanes) is 2. The largest absolute Gasteiger partial charge is 0.477 e. The van der Waals surface area contributed by atoms with Gasteiger partial charge in [0.15, 0.2) is 0 Å². The van der Waals surface area contributed by atoms with Crippen molar-refractivity contribution >= 4 is 17.3 Å². The minimum absolute atomic E-state index is 0.224. The summed E-state index contributed by atoms with van der Waals surface area (Å²) < 4.78 is 0. The number of aromatic nitrogens is 1. The van der Waals surface area contributed by atoms with Gasteiger partial charge in [-0.25, -0.2) is 9.78 Å². The summed E-state index contributed by atoms with van der Waals surface area (Å²) in [6.07, 6.45) is 2.95. The van der Waals surface area contributed by atoms with Gasteiger partial charge in [-0.3, -0.25) is 0 Å². The molecule has 5 heteroatoms. The van der Waals surface area contributed by atoms with E-state index in [0.29, 0.717) is 21.8 Å². The second-order valence-corrected chi connectivity index (χ2v) is 6.02. The second kappa shape index (κ2) is 7.58. The van der Waals surface area contributed by atoms with Crippen LogP contribution in [0.4, 0.5) is 0 Å². The van der Waals surface area contributed by atoms with Crippen LogP contribution in [0.25, 0.3) is 10.6 Å². The van der Waals surface area contributed by atoms with E-state index >= 15 is 0 Å². The summed E-state index contributed by atoms with van der Waals surface area (Å²) in [6, 6.07) is 7.49. The van der Waals surface area contributed by atoms with E-state index in [1.165, 1.54) is 0 Å². The molecule has 116 valence electrons. The van der Waals surface area contributed by atoms with Crippen molar-refractivity contribution in [3.8, 4) is 28.5 Å². The summed E-state index contributed by atoms with van der Waals surface area (Å²) in [5.74, 6) is 5.12. The van der Waals surface area contributed by atoms with Crippen molar-refractivity contribution in [3.63, 3.8) is 0 Å². The van der Waals surface area contributed by atoms with Gasteiger partial charge in [0.1, 0.15) is 16.0 Å². The van der Waals surface area contributed by atoms with Crippen LogP contribution in [-0.2, 0) is 0 Å². The minimum atomic E-state index is -0.981. The van der Waals surface area contributed by atoms with Crippen LogP contribution in [-0.4, -0.2) is 16.1 Å². The number of carbonyl (C=O) groups is 1. The van der Waals surface area contributed by atoms with Crippen molar-refractivity contribution in [2.24, 2.45) is 0 Å². The normalized spacial score (nSPS) is 9.78. The van der Waals surface area contributed by atoms with Gasteiger partial charge in [-0.15, -0.1) is 11.3 Å². The first-order chi connectivity index (χ1) is 11.1. The van der Waals surface area contributed by atoms with Gasteiger partial charge in [0.05, 0.1) is 11.3 Å². The summed E-state index contributed by atoms with van der Waals surface area (Å²) in [5, 5.41) is 19.0. The molecule has 0 amide bonds. The predicted molar refractivity (Wildman–Crippen MR) is 90.4 cm³/mol. The van der Waals surface area contributed by atoms with Crippen LogP contribution in [0.3, 0.4) is 0 Å². The lowest BCUT2D eigenvalue weighted by Crippen LogP contribution is -1.94. The molecule has 0 atom stereocenters. The van der Waals surface area contributed by atoms with Gasteiger partial charge in [-0.05, 0) is 25.5 Å². The Balaban J connectivity index is 2.35. The molecule has 0 saturated carbocycles. The zero-order chi connectivity index (χ0) is 16.8. The fraction of sp³-hybridized carbons (Fsp3) is 0.278. The van der Waals surface area contributed by atoms with Gasteiger partial charge in [0, 0.05) is 17.5 Å². The Morgan fingerprint density at radius 1 is 1.39 bits per heavy atom. The number of aryl methyl sites for hydroxylation is 1. The lowest BCUT2D eigenvalue weighted by atomic mass is 10.0. The molecule has 1 heterocycles. The average molecular weight is 324 g/mol. The van der Waals surface area contributed by atoms with Crippen LogP contribution in [0.2, 0.25) is 0 Å². The number of carboxylic acid groups (broad SMARTS) is 1. The van der Waals surface area contributed by atoms with E-state index in [4.69, 9.17) is 5.11 Å². The molecule has 0 radical (unpaired) electrons. The molecule has 0 aliphatic rings. The third-order valence-corrected chi connectivity index (χ3v) is 4.45. The first-order valence-electron chi connectivity index (χ1n) is 7.31. The van der Waals surface area contributed by atoms with Gasteiger partial charge in [-0.1, -0.05) is 31.3 Å². The molecule has 1 aromatic carbocycles. The highest BCUT2D eigenvalue weighted by Gasteiger charge is 2.15. The lowest BCUT2D eigenvalue weighted by molar-refractivity contribution is 0.0701. The zero-order valence-electron chi connectivity index (χ0n) is 13.0. The third kappa shape index (κ3) is 3.97. The molecule has 23 heavy (non-hydrogen) atoms. The first-order valence-corrected chi connectivity index (χ1v) is 8.12. The molecule has 0 spiro atoms. The van der Waals surface area contributed by atoms with Crippen LogP contribution in [0, 0.1) is 30.1 Å². The van der Waals surface area contributed by atoms with Crippen LogP contribution < -0.4 is 0 Å². The Morgan fingerprint density at radius 3 is 2.78 bits per heavy atom. The van der Waals surface area contributed by atoms with E-state index in [9.17, 15) is 10.1 Å². The Labute approximate surface area is 139 Å². The SMILES string of the molecule is CCCCC#Cc1ccc(-c2nc(C)c(C(=O)O)s2)cc1C#N. The number of hydrogen-bond donors (Lipinski definition) is 1. The van der Waals surface area contributed by atoms with Crippen molar-refractivity contribution in [3.05, 3.63) is 39.9 Å². The third-order valence-electron chi connectivity index (χ3n) is 3.26. The summed E-state index contributed by atoms with van der Waals surface area (Å²) in [7, 11) is 0. The molecular formula is C18H16N2O2S. The van der Waals surface area contributed by atoms with E-state index in [1.807, 2.05) is 6.07 Å². The maximum absolute atomic E-state index is 11.1. The van der Waals surface area contributed by atoms with E-state index in [-0.39, 0.29) is 4.88 Å². The van der Waals surface area contributed by atoms with E-state index in [1.54, 1.807) is 19.1 Å². The van der Waals surface area contributed by atoms with E-state index < -0.39 is 5.97 Å². The number of thiazole rings is 1. The Hall–Kier alpha value is -2.63. The monoisotopic (exact) mass is 324 g/mol. The van der Waals surface area contributed by atoms with Crippen LogP contribution in [0.5, 0.6) is 0 Å². The molecule has 4 nitrogen and oxygen atoms in total. The smallest absolute Gasteiger partial charge is 0.347 e. The quantitative estimate of drug-likeness (QED) is 0.674. The summed E-state index contributed by atoms with van der Waals surface area (Å²) in [4.78, 5) is 15.6. The lowest BCUT2D eigenvalue weighted by Gasteiger charge is -2.00. The summed E-state index contributed by atoms with van der Waals surface area (Å²) in [5.41, 5.74) is 2.40. The maximum atomic E-state index is 11.1. The minimum Gasteiger partial charge on any atom is -0.477 e. The maximum Gasteiger partial charge on any atom is 0.347 e. The molecule has 0 saturated heterocycles. The zero-order valence-corrected chi connectivity index (χ0v) is 13.8. The Bertz CT molecular complexity index is 835. The van der Waals surface area contributed by atoms with Crippen molar-refractivity contribution in [1.29, 1.82) is 5.26 Å². The highest BCUT2D eigenvalue weighted by Crippen LogP contribution is 2.29. The molecule has 0 unspecified atom stereocenters. The molecule has 0 aliphatic carbocycles. The van der Waals surface area contributed by atoms with Gasteiger partial charge >= 0.3 is 5.97 Å². The summed E-state index contributed by atoms with van der Waals surface area (Å²) >= 11 is 1.11. The molecule has 1 N–H and O–H groups in total. The number of nitrogens with zero attached hydrogens (tertiary/aromatic N) is 2. The van der Waals surface area contributed by atoms with Crippen molar-refractivity contribution in [2.75, 3.05) is 0 Å². The highest BCUT2D eigenvalue weighted by molar-refractivity contribution is 7.17. The number of benzene rings is 1. The van der Waals surface area contributed by atoms with E-state index in [2.05, 4.69) is 29.8 Å². The molecule has 1 aromatic heterocycles. The van der Waals surface area contributed by atoms with Crippen molar-refractivity contribution in [1.82, 2.24) is 4.98 Å². The standard InChI is InChI=1S/C18H16N2O2S/c1-3-4-5-6-7-13-8-9-14(10-15(13)11-19)17-20-12(2)16(23-17)18(21)22/h8-10H,3-5H2,1-2H3,(H,21,22). The van der Waals surface area contributed by atoms with Gasteiger partial charge in [0.25, 0.3) is 0 Å². The number of carboxylic acids is 1. The first kappa shape index (κ1) is 16.7. The average Bonchev–Trinajstić information content (AvgIpc) is 2.93. The summed E-state index contributed by atoms with van der Waals surface area (Å²) in [6.45, 7) is 3.78. The molecule has 0 fully saturated rings. The Kier molecular flexibility index (Phi) is 5.51. The van der Waals surface area contributed by atoms with Crippen molar-refractivity contribution in [2.45, 2.75) is 33.1 Å². The number of aromatic carboxylic acids is 1. The van der Waals surface area contributed by atoms with Crippen LogP contribution >= 0.6 is 11.3 Å². The van der Waals surface area contributed by atoms with Gasteiger partial charge in [-0.2, -0.15) is 5.26 Å². The van der Waals surface area contributed by atoms with Crippen molar-refractivity contribution < 1.29 is 9.90 Å². The van der Waals surface area contributed by atoms with Gasteiger partial charge in [0.2, 0.25) is 0 Å². The fourth-order valence-electron chi connectivity index (χ4n) is 2.02. The topological polar surface area (TPSA) is 74.0 Å². The van der Waals surface area contributed by atoms with Crippen LogP contribution in [0.1, 0.15) is 52.7 Å². The number of hydrogen-bond acceptors (Lipinski definition) is 4. The second-order valence-electron chi connectivity index (χ2n) is 5.02. The Morgan fingerprint density at radius 2 is 2.17 bits per heavy atom. The molecule has 2 rings (SSSR count).